The van der Waals surface area contributed by atoms with Crippen LogP contribution in [0.4, 0.5) is 0 Å². The average Bonchev–Trinajstić information content (AvgIpc) is 2.41. The maximum Gasteiger partial charge on any atom is 0.225 e. The number of piperidine rings is 1. The van der Waals surface area contributed by atoms with Crippen molar-refractivity contribution in [2.45, 2.75) is 46.1 Å². The minimum Gasteiger partial charge on any atom is -0.347 e. The second kappa shape index (κ2) is 6.18. The van der Waals surface area contributed by atoms with E-state index < -0.39 is 0 Å². The number of nitrogens with zero attached hydrogens (tertiary/aromatic N) is 1. The van der Waals surface area contributed by atoms with Gasteiger partial charge in [-0.05, 0) is 70.8 Å². The Bertz CT molecular complexity index is 522. The number of hydrogen-bond acceptors (Lipinski definition) is 2. The van der Waals surface area contributed by atoms with Crippen molar-refractivity contribution in [1.29, 1.82) is 0 Å². The number of rotatable bonds is 3. The molecule has 2 rings (SSSR count). The average molecular weight is 288 g/mol. The fraction of sp³-hybridized carbons (Fsp3) is 0.611. The van der Waals surface area contributed by atoms with Crippen LogP contribution in [0.5, 0.6) is 0 Å². The maximum absolute atomic E-state index is 12.6. The van der Waals surface area contributed by atoms with Crippen LogP contribution in [0.3, 0.4) is 0 Å². The highest BCUT2D eigenvalue weighted by Gasteiger charge is 2.30. The fourth-order valence-corrected chi connectivity index (χ4v) is 3.29. The third kappa shape index (κ3) is 3.65. The van der Waals surface area contributed by atoms with E-state index in [1.54, 1.807) is 0 Å². The van der Waals surface area contributed by atoms with Crippen LogP contribution in [0, 0.1) is 19.8 Å². The van der Waals surface area contributed by atoms with E-state index in [1.165, 1.54) is 16.7 Å². The predicted molar refractivity (Wildman–Crippen MR) is 87.3 cm³/mol. The molecule has 0 unspecified atom stereocenters. The van der Waals surface area contributed by atoms with Crippen molar-refractivity contribution in [1.82, 2.24) is 10.2 Å². The molecule has 0 saturated carbocycles. The van der Waals surface area contributed by atoms with Crippen molar-refractivity contribution in [2.24, 2.45) is 5.92 Å². The Morgan fingerprint density at radius 2 is 2.05 bits per heavy atom. The van der Waals surface area contributed by atoms with Crippen LogP contribution in [-0.2, 0) is 10.3 Å². The summed E-state index contributed by atoms with van der Waals surface area (Å²) in [7, 11) is 2.09. The van der Waals surface area contributed by atoms with Gasteiger partial charge in [0.2, 0.25) is 5.91 Å². The molecule has 1 fully saturated rings. The molecular formula is C18H28N2O. The molecular weight excluding hydrogens is 260 g/mol. The molecule has 1 aromatic carbocycles. The summed E-state index contributed by atoms with van der Waals surface area (Å²) in [4.78, 5) is 14.8. The van der Waals surface area contributed by atoms with E-state index in [0.717, 1.165) is 25.9 Å². The van der Waals surface area contributed by atoms with Crippen LogP contribution >= 0.6 is 0 Å². The van der Waals surface area contributed by atoms with Gasteiger partial charge < -0.3 is 10.2 Å². The Morgan fingerprint density at radius 1 is 1.33 bits per heavy atom. The molecule has 1 atom stereocenters. The number of nitrogens with one attached hydrogen (secondary N) is 1. The Morgan fingerprint density at radius 3 is 2.71 bits per heavy atom. The number of amides is 1. The molecule has 3 heteroatoms. The molecule has 116 valence electrons. The zero-order chi connectivity index (χ0) is 15.6. The van der Waals surface area contributed by atoms with Crippen LogP contribution in [0.2, 0.25) is 0 Å². The van der Waals surface area contributed by atoms with E-state index in [4.69, 9.17) is 0 Å². The normalized spacial score (nSPS) is 20.3. The summed E-state index contributed by atoms with van der Waals surface area (Å²) in [5.74, 6) is 0.306. The third-order valence-electron chi connectivity index (χ3n) is 4.71. The van der Waals surface area contributed by atoms with Gasteiger partial charge in [0.1, 0.15) is 0 Å². The first-order chi connectivity index (χ1) is 9.81. The minimum absolute atomic E-state index is 0.119. The SMILES string of the molecule is Cc1cccc(C(C)(C)NC(=O)[C@H]2CCCN(C)C2)c1C. The lowest BCUT2D eigenvalue weighted by Gasteiger charge is -2.34. The summed E-state index contributed by atoms with van der Waals surface area (Å²) in [5.41, 5.74) is 3.42. The zero-order valence-corrected chi connectivity index (χ0v) is 14.0. The zero-order valence-electron chi connectivity index (χ0n) is 14.0. The molecule has 0 spiro atoms. The lowest BCUT2D eigenvalue weighted by molar-refractivity contribution is -0.128. The predicted octanol–water partition coefficient (Wildman–Crippen LogP) is 3.00. The molecule has 21 heavy (non-hydrogen) atoms. The van der Waals surface area contributed by atoms with Gasteiger partial charge in [-0.25, -0.2) is 0 Å². The Hall–Kier alpha value is -1.35. The summed E-state index contributed by atoms with van der Waals surface area (Å²) in [6.45, 7) is 10.4. The minimum atomic E-state index is -0.330. The van der Waals surface area contributed by atoms with Crippen LogP contribution in [-0.4, -0.2) is 30.9 Å². The molecule has 0 aliphatic carbocycles. The van der Waals surface area contributed by atoms with E-state index in [2.05, 4.69) is 63.2 Å². The molecule has 1 saturated heterocycles. The first kappa shape index (κ1) is 16.0. The first-order valence-electron chi connectivity index (χ1n) is 7.88. The molecule has 1 amide bonds. The third-order valence-corrected chi connectivity index (χ3v) is 4.71. The van der Waals surface area contributed by atoms with Crippen LogP contribution in [0.15, 0.2) is 18.2 Å². The molecule has 1 heterocycles. The van der Waals surface area contributed by atoms with Gasteiger partial charge in [0.05, 0.1) is 11.5 Å². The van der Waals surface area contributed by atoms with Crippen molar-refractivity contribution in [3.63, 3.8) is 0 Å². The van der Waals surface area contributed by atoms with Crippen LogP contribution < -0.4 is 5.32 Å². The van der Waals surface area contributed by atoms with E-state index in [0.29, 0.717) is 0 Å². The van der Waals surface area contributed by atoms with Crippen molar-refractivity contribution < 1.29 is 4.79 Å². The summed E-state index contributed by atoms with van der Waals surface area (Å²) >= 11 is 0. The standard InChI is InChI=1S/C18H28N2O/c1-13-8-6-10-16(14(13)2)18(3,4)19-17(21)15-9-7-11-20(5)12-15/h6,8,10,15H,7,9,11-12H2,1-5H3,(H,19,21)/t15-/m0/s1. The van der Waals surface area contributed by atoms with Gasteiger partial charge in [-0.2, -0.15) is 0 Å². The Balaban J connectivity index is 2.13. The summed E-state index contributed by atoms with van der Waals surface area (Å²) < 4.78 is 0. The lowest BCUT2D eigenvalue weighted by atomic mass is 9.87. The van der Waals surface area contributed by atoms with Gasteiger partial charge in [-0.1, -0.05) is 18.2 Å². The van der Waals surface area contributed by atoms with Crippen LogP contribution in [0.25, 0.3) is 0 Å². The van der Waals surface area contributed by atoms with Gasteiger partial charge in [0, 0.05) is 6.54 Å². The van der Waals surface area contributed by atoms with Gasteiger partial charge >= 0.3 is 0 Å². The number of likely N-dealkylation sites (tertiary alicyclic amines) is 1. The number of aryl methyl sites for hydroxylation is 1. The first-order valence-corrected chi connectivity index (χ1v) is 7.88. The van der Waals surface area contributed by atoms with Crippen molar-refractivity contribution >= 4 is 5.91 Å². The Kier molecular flexibility index (Phi) is 4.72. The van der Waals surface area contributed by atoms with Crippen molar-refractivity contribution in [3.05, 3.63) is 34.9 Å². The van der Waals surface area contributed by atoms with E-state index in [-0.39, 0.29) is 17.4 Å². The van der Waals surface area contributed by atoms with Gasteiger partial charge in [-0.15, -0.1) is 0 Å². The van der Waals surface area contributed by atoms with E-state index in [9.17, 15) is 4.79 Å². The summed E-state index contributed by atoms with van der Waals surface area (Å²) in [5, 5.41) is 3.27. The molecule has 0 radical (unpaired) electrons. The second-order valence-corrected chi connectivity index (χ2v) is 6.96. The number of benzene rings is 1. The van der Waals surface area contributed by atoms with E-state index in [1.807, 2.05) is 0 Å². The molecule has 1 aromatic rings. The molecule has 1 aliphatic heterocycles. The highest BCUT2D eigenvalue weighted by molar-refractivity contribution is 5.80. The monoisotopic (exact) mass is 288 g/mol. The number of hydrogen-bond donors (Lipinski definition) is 1. The highest BCUT2D eigenvalue weighted by Crippen LogP contribution is 2.26. The summed E-state index contributed by atoms with van der Waals surface area (Å²) in [6, 6.07) is 6.31. The smallest absolute Gasteiger partial charge is 0.225 e. The molecule has 0 bridgehead atoms. The summed E-state index contributed by atoms with van der Waals surface area (Å²) in [6.07, 6.45) is 2.11. The van der Waals surface area contributed by atoms with Gasteiger partial charge in [-0.3, -0.25) is 4.79 Å². The number of carbonyl (C=O) groups excluding carboxylic acids is 1. The Labute approximate surface area is 128 Å². The fourth-order valence-electron chi connectivity index (χ4n) is 3.29. The van der Waals surface area contributed by atoms with Crippen molar-refractivity contribution in [2.75, 3.05) is 20.1 Å². The highest BCUT2D eigenvalue weighted by atomic mass is 16.2. The quantitative estimate of drug-likeness (QED) is 0.927. The maximum atomic E-state index is 12.6. The molecule has 1 aliphatic rings. The molecule has 0 aromatic heterocycles. The molecule has 3 nitrogen and oxygen atoms in total. The number of carbonyl (C=O) groups is 1. The van der Waals surface area contributed by atoms with Crippen LogP contribution in [0.1, 0.15) is 43.4 Å². The van der Waals surface area contributed by atoms with Gasteiger partial charge in [0.15, 0.2) is 0 Å². The van der Waals surface area contributed by atoms with Crippen molar-refractivity contribution in [3.8, 4) is 0 Å². The van der Waals surface area contributed by atoms with Gasteiger partial charge in [0.25, 0.3) is 0 Å². The molecule has 1 N–H and O–H groups in total. The largest absolute Gasteiger partial charge is 0.347 e. The topological polar surface area (TPSA) is 32.3 Å². The van der Waals surface area contributed by atoms with E-state index >= 15 is 0 Å². The lowest BCUT2D eigenvalue weighted by Crippen LogP contribution is -2.48. The second-order valence-electron chi connectivity index (χ2n) is 6.96.